The molecular weight excluding hydrogens is 373 g/mol. The molecule has 1 unspecified atom stereocenters. The highest BCUT2D eigenvalue weighted by molar-refractivity contribution is 5.89. The fourth-order valence-corrected chi connectivity index (χ4v) is 3.93. The van der Waals surface area contributed by atoms with Gasteiger partial charge in [-0.2, -0.15) is 0 Å². The molecule has 2 heterocycles. The van der Waals surface area contributed by atoms with Crippen LogP contribution in [-0.2, 0) is 9.47 Å². The number of hydrogen-bond donors (Lipinski definition) is 0. The highest BCUT2D eigenvalue weighted by Crippen LogP contribution is 2.37. The van der Waals surface area contributed by atoms with Gasteiger partial charge in [-0.1, -0.05) is 50.2 Å². The molecule has 0 bridgehead atoms. The number of pyridine rings is 1. The zero-order valence-corrected chi connectivity index (χ0v) is 16.2. The Bertz CT molecular complexity index is 1090. The number of hydrogen-bond acceptors (Lipinski definition) is 4. The Morgan fingerprint density at radius 2 is 1.76 bits per heavy atom. The van der Waals surface area contributed by atoms with Gasteiger partial charge in [0.2, 0.25) is 0 Å². The van der Waals surface area contributed by atoms with Gasteiger partial charge in [-0.3, -0.25) is 9.36 Å². The Morgan fingerprint density at radius 3 is 2.45 bits per heavy atom. The van der Waals surface area contributed by atoms with Crippen LogP contribution >= 0.6 is 0 Å². The van der Waals surface area contributed by atoms with E-state index in [4.69, 9.17) is 9.47 Å². The third kappa shape index (κ3) is 3.44. The second kappa shape index (κ2) is 7.79. The van der Waals surface area contributed by atoms with Crippen LogP contribution in [0.25, 0.3) is 10.8 Å². The fourth-order valence-electron chi connectivity index (χ4n) is 3.93. The van der Waals surface area contributed by atoms with E-state index in [2.05, 4.69) is 0 Å². The van der Waals surface area contributed by atoms with Crippen LogP contribution in [0.3, 0.4) is 0 Å². The molecule has 0 N–H and O–H groups in total. The first-order chi connectivity index (χ1) is 14.0. The Balaban J connectivity index is 1.75. The van der Waals surface area contributed by atoms with Crippen LogP contribution in [0.5, 0.6) is 0 Å². The highest BCUT2D eigenvalue weighted by atomic mass is 19.1. The molecule has 0 aliphatic carbocycles. The van der Waals surface area contributed by atoms with Crippen LogP contribution in [0.4, 0.5) is 4.39 Å². The molecule has 1 aromatic heterocycles. The topological polar surface area (TPSA) is 57.5 Å². The van der Waals surface area contributed by atoms with E-state index in [0.29, 0.717) is 12.0 Å². The van der Waals surface area contributed by atoms with Crippen LogP contribution in [-0.4, -0.2) is 22.7 Å². The van der Waals surface area contributed by atoms with Crippen LogP contribution in [0, 0.1) is 11.7 Å². The summed E-state index contributed by atoms with van der Waals surface area (Å²) in [7, 11) is 0. The van der Waals surface area contributed by atoms with E-state index >= 15 is 0 Å². The smallest absolute Gasteiger partial charge is 0.338 e. The first-order valence-corrected chi connectivity index (χ1v) is 9.72. The lowest BCUT2D eigenvalue weighted by Gasteiger charge is -2.23. The molecule has 4 rings (SSSR count). The zero-order valence-electron chi connectivity index (χ0n) is 16.2. The zero-order chi connectivity index (χ0) is 20.5. The van der Waals surface area contributed by atoms with Crippen LogP contribution in [0.1, 0.15) is 36.9 Å². The molecule has 1 saturated heterocycles. The summed E-state index contributed by atoms with van der Waals surface area (Å²) in [6.45, 7) is 3.88. The number of nitrogens with zero attached hydrogens (tertiary/aromatic N) is 1. The number of esters is 1. The molecule has 3 aromatic rings. The third-order valence-corrected chi connectivity index (χ3v) is 5.53. The van der Waals surface area contributed by atoms with Gasteiger partial charge in [-0.05, 0) is 24.6 Å². The average molecular weight is 395 g/mol. The quantitative estimate of drug-likeness (QED) is 0.618. The number of aromatic nitrogens is 1. The lowest BCUT2D eigenvalue weighted by atomic mass is 9.98. The van der Waals surface area contributed by atoms with E-state index in [1.807, 2.05) is 19.9 Å². The predicted molar refractivity (Wildman–Crippen MR) is 107 cm³/mol. The van der Waals surface area contributed by atoms with E-state index < -0.39 is 24.1 Å². The van der Waals surface area contributed by atoms with E-state index in [0.717, 1.165) is 6.20 Å². The number of fused-ring (bicyclic) bond motifs is 1. The van der Waals surface area contributed by atoms with Crippen molar-refractivity contribution in [3.63, 3.8) is 0 Å². The van der Waals surface area contributed by atoms with Crippen LogP contribution in [0.15, 0.2) is 65.6 Å². The molecule has 1 fully saturated rings. The predicted octanol–water partition coefficient (Wildman–Crippen LogP) is 4.31. The molecule has 0 spiro atoms. The van der Waals surface area contributed by atoms with Crippen molar-refractivity contribution in [2.45, 2.75) is 38.7 Å². The number of ether oxygens (including phenoxy) is 2. The molecule has 1 aliphatic rings. The molecule has 0 saturated carbocycles. The van der Waals surface area contributed by atoms with Gasteiger partial charge in [-0.15, -0.1) is 0 Å². The molecule has 0 amide bonds. The summed E-state index contributed by atoms with van der Waals surface area (Å²) in [5.41, 5.74) is 0.0344. The van der Waals surface area contributed by atoms with Gasteiger partial charge >= 0.3 is 5.97 Å². The van der Waals surface area contributed by atoms with Gasteiger partial charge in [-0.25, -0.2) is 9.18 Å². The van der Waals surface area contributed by atoms with Gasteiger partial charge in [0.05, 0.1) is 17.1 Å². The van der Waals surface area contributed by atoms with Gasteiger partial charge in [0, 0.05) is 17.5 Å². The lowest BCUT2D eigenvalue weighted by molar-refractivity contribution is -0.0504. The Kier molecular flexibility index (Phi) is 5.20. The van der Waals surface area contributed by atoms with Crippen molar-refractivity contribution in [1.82, 2.24) is 4.57 Å². The maximum absolute atomic E-state index is 14.7. The summed E-state index contributed by atoms with van der Waals surface area (Å²) in [6, 6.07) is 15.2. The SMILES string of the molecule is CC[C@H]1O[C@@H](n2cc(F)c3ccccc3c2=O)[C@@H](OC(=O)c2ccccc2)C1C. The first-order valence-electron chi connectivity index (χ1n) is 9.72. The minimum atomic E-state index is -0.894. The monoisotopic (exact) mass is 395 g/mol. The maximum Gasteiger partial charge on any atom is 0.338 e. The van der Waals surface area contributed by atoms with E-state index in [1.165, 1.54) is 4.57 Å². The first kappa shape index (κ1) is 19.3. The van der Waals surface area contributed by atoms with Crippen molar-refractivity contribution in [2.24, 2.45) is 5.92 Å². The molecule has 6 heteroatoms. The van der Waals surface area contributed by atoms with E-state index in [9.17, 15) is 14.0 Å². The molecule has 1 aliphatic heterocycles. The van der Waals surface area contributed by atoms with E-state index in [1.54, 1.807) is 48.5 Å². The fraction of sp³-hybridized carbons (Fsp3) is 0.304. The van der Waals surface area contributed by atoms with Crippen molar-refractivity contribution >= 4 is 16.7 Å². The number of rotatable bonds is 4. The molecule has 150 valence electrons. The summed E-state index contributed by atoms with van der Waals surface area (Å²) >= 11 is 0. The average Bonchev–Trinajstić information content (AvgIpc) is 3.06. The van der Waals surface area contributed by atoms with Crippen LogP contribution < -0.4 is 5.56 Å². The molecule has 5 nitrogen and oxygen atoms in total. The second-order valence-electron chi connectivity index (χ2n) is 7.30. The summed E-state index contributed by atoms with van der Waals surface area (Å²) < 4.78 is 27.7. The molecular formula is C23H22FNO4. The Labute approximate surface area is 167 Å². The second-order valence-corrected chi connectivity index (χ2v) is 7.30. The maximum atomic E-state index is 14.7. The number of carbonyl (C=O) groups excluding carboxylic acids is 1. The molecule has 29 heavy (non-hydrogen) atoms. The van der Waals surface area contributed by atoms with Crippen LogP contribution in [0.2, 0.25) is 0 Å². The summed E-state index contributed by atoms with van der Waals surface area (Å²) in [4.78, 5) is 25.7. The normalized spacial score (nSPS) is 24.0. The number of benzene rings is 2. The summed E-state index contributed by atoms with van der Waals surface area (Å²) in [6.07, 6.45) is 0.000774. The highest BCUT2D eigenvalue weighted by Gasteiger charge is 2.45. The largest absolute Gasteiger partial charge is 0.454 e. The number of halogens is 1. The van der Waals surface area contributed by atoms with Gasteiger partial charge in [0.1, 0.15) is 5.82 Å². The standard InChI is InChI=1S/C23H22FNO4/c1-3-19-14(2)20(29-23(27)15-9-5-4-6-10-15)22(28-19)25-13-18(24)16-11-7-8-12-17(16)21(25)26/h4-14,19-20,22H,3H2,1-2H3/t14?,19-,20+,22-/m1/s1. The summed E-state index contributed by atoms with van der Waals surface area (Å²) in [5.74, 6) is -1.18. The van der Waals surface area contributed by atoms with Crippen molar-refractivity contribution < 1.29 is 18.7 Å². The van der Waals surface area contributed by atoms with Crippen molar-refractivity contribution in [2.75, 3.05) is 0 Å². The van der Waals surface area contributed by atoms with Crippen molar-refractivity contribution in [3.8, 4) is 0 Å². The molecule has 2 aromatic carbocycles. The van der Waals surface area contributed by atoms with Crippen molar-refractivity contribution in [3.05, 3.63) is 82.5 Å². The minimum Gasteiger partial charge on any atom is -0.454 e. The number of carbonyl (C=O) groups is 1. The van der Waals surface area contributed by atoms with Gasteiger partial charge in [0.15, 0.2) is 12.3 Å². The third-order valence-electron chi connectivity index (χ3n) is 5.53. The molecule has 4 atom stereocenters. The lowest BCUT2D eigenvalue weighted by Crippen LogP contribution is -2.35. The van der Waals surface area contributed by atoms with E-state index in [-0.39, 0.29) is 28.4 Å². The summed E-state index contributed by atoms with van der Waals surface area (Å²) in [5, 5.41) is 0.515. The van der Waals surface area contributed by atoms with Crippen molar-refractivity contribution in [1.29, 1.82) is 0 Å². The molecule has 0 radical (unpaired) electrons. The van der Waals surface area contributed by atoms with Gasteiger partial charge in [0.25, 0.3) is 5.56 Å². The van der Waals surface area contributed by atoms with Gasteiger partial charge < -0.3 is 9.47 Å². The minimum absolute atomic E-state index is 0.154. The Morgan fingerprint density at radius 1 is 1.10 bits per heavy atom. The Hall–Kier alpha value is -2.99.